The lowest BCUT2D eigenvalue weighted by Crippen LogP contribution is -2.03. The number of hydrogen-bond acceptors (Lipinski definition) is 2. The van der Waals surface area contributed by atoms with E-state index in [4.69, 9.17) is 5.11 Å². The van der Waals surface area contributed by atoms with Crippen molar-refractivity contribution < 1.29 is 9.90 Å². The first-order valence-electron chi connectivity index (χ1n) is 5.24. The number of pyridine rings is 1. The van der Waals surface area contributed by atoms with Gasteiger partial charge in [0.2, 0.25) is 0 Å². The van der Waals surface area contributed by atoms with Crippen LogP contribution in [0.1, 0.15) is 24.8 Å². The van der Waals surface area contributed by atoms with E-state index in [-0.39, 0.29) is 12.3 Å². The number of hydrogen-bond donors (Lipinski definition) is 1. The number of benzene rings is 1. The summed E-state index contributed by atoms with van der Waals surface area (Å²) in [5.41, 5.74) is 1.96. The molecule has 1 heterocycles. The van der Waals surface area contributed by atoms with Crippen molar-refractivity contribution in [3.8, 4) is 0 Å². The largest absolute Gasteiger partial charge is 0.481 e. The summed E-state index contributed by atoms with van der Waals surface area (Å²) in [7, 11) is 0. The molecule has 2 aromatic rings. The van der Waals surface area contributed by atoms with Crippen LogP contribution in [0.3, 0.4) is 0 Å². The second-order valence-corrected chi connectivity index (χ2v) is 3.92. The van der Waals surface area contributed by atoms with Gasteiger partial charge in [0.25, 0.3) is 0 Å². The van der Waals surface area contributed by atoms with Gasteiger partial charge < -0.3 is 5.11 Å². The summed E-state index contributed by atoms with van der Waals surface area (Å²) in [5, 5.41) is 9.84. The van der Waals surface area contributed by atoms with Crippen LogP contribution in [-0.2, 0) is 4.79 Å². The first-order chi connectivity index (χ1) is 7.68. The van der Waals surface area contributed by atoms with Crippen molar-refractivity contribution in [1.82, 2.24) is 4.98 Å². The predicted molar refractivity (Wildman–Crippen MR) is 62.4 cm³/mol. The lowest BCUT2D eigenvalue weighted by atomic mass is 9.94. The summed E-state index contributed by atoms with van der Waals surface area (Å²) in [6, 6.07) is 9.68. The van der Waals surface area contributed by atoms with Crippen molar-refractivity contribution in [1.29, 1.82) is 0 Å². The average Bonchev–Trinajstić information content (AvgIpc) is 2.27. The maximum atomic E-state index is 10.7. The molecule has 0 radical (unpaired) electrons. The Kier molecular flexibility index (Phi) is 2.86. The molecular weight excluding hydrogens is 202 g/mol. The Hall–Kier alpha value is -1.90. The molecule has 2 rings (SSSR count). The van der Waals surface area contributed by atoms with E-state index < -0.39 is 5.97 Å². The molecule has 3 nitrogen and oxygen atoms in total. The van der Waals surface area contributed by atoms with Gasteiger partial charge in [0.1, 0.15) is 0 Å². The van der Waals surface area contributed by atoms with Gasteiger partial charge in [0.05, 0.1) is 11.9 Å². The quantitative estimate of drug-likeness (QED) is 0.856. The van der Waals surface area contributed by atoms with E-state index in [1.165, 1.54) is 0 Å². The third-order valence-electron chi connectivity index (χ3n) is 2.69. The molecule has 0 aliphatic heterocycles. The molecule has 0 bridgehead atoms. The van der Waals surface area contributed by atoms with Crippen LogP contribution in [0.15, 0.2) is 36.5 Å². The Balaban J connectivity index is 2.47. The fourth-order valence-electron chi connectivity index (χ4n) is 1.93. The smallest absolute Gasteiger partial charge is 0.303 e. The fourth-order valence-corrected chi connectivity index (χ4v) is 1.93. The summed E-state index contributed by atoms with van der Waals surface area (Å²) in [4.78, 5) is 15.0. The van der Waals surface area contributed by atoms with Crippen molar-refractivity contribution in [3.05, 3.63) is 42.1 Å². The third-order valence-corrected chi connectivity index (χ3v) is 2.69. The SMILES string of the molecule is CC(CC(=O)O)c1cccc2ncccc12. The van der Waals surface area contributed by atoms with E-state index in [0.29, 0.717) is 0 Å². The van der Waals surface area contributed by atoms with Gasteiger partial charge in [0, 0.05) is 11.6 Å². The molecular formula is C13H13NO2. The predicted octanol–water partition coefficient (Wildman–Crippen LogP) is 2.81. The number of carbonyl (C=O) groups is 1. The van der Waals surface area contributed by atoms with Crippen LogP contribution >= 0.6 is 0 Å². The molecule has 1 aromatic carbocycles. The van der Waals surface area contributed by atoms with Gasteiger partial charge in [-0.25, -0.2) is 0 Å². The van der Waals surface area contributed by atoms with Crippen LogP contribution < -0.4 is 0 Å². The molecule has 82 valence electrons. The molecule has 0 spiro atoms. The van der Waals surface area contributed by atoms with E-state index in [9.17, 15) is 4.79 Å². The minimum atomic E-state index is -0.770. The van der Waals surface area contributed by atoms with Gasteiger partial charge in [-0.15, -0.1) is 0 Å². The molecule has 1 N–H and O–H groups in total. The van der Waals surface area contributed by atoms with Gasteiger partial charge in [-0.3, -0.25) is 9.78 Å². The van der Waals surface area contributed by atoms with Crippen LogP contribution in [-0.4, -0.2) is 16.1 Å². The Morgan fingerprint density at radius 1 is 1.38 bits per heavy atom. The Bertz CT molecular complexity index is 517. The number of aliphatic carboxylic acids is 1. The van der Waals surface area contributed by atoms with Crippen LogP contribution in [0.2, 0.25) is 0 Å². The minimum Gasteiger partial charge on any atom is -0.481 e. The van der Waals surface area contributed by atoms with Gasteiger partial charge in [-0.05, 0) is 23.6 Å². The summed E-state index contributed by atoms with van der Waals surface area (Å²) in [6.45, 7) is 1.93. The van der Waals surface area contributed by atoms with Gasteiger partial charge >= 0.3 is 5.97 Å². The lowest BCUT2D eigenvalue weighted by Gasteiger charge is -2.11. The number of rotatable bonds is 3. The van der Waals surface area contributed by atoms with Crippen LogP contribution in [0.4, 0.5) is 0 Å². The molecule has 0 aliphatic rings. The van der Waals surface area contributed by atoms with E-state index in [0.717, 1.165) is 16.5 Å². The first kappa shape index (κ1) is 10.6. The highest BCUT2D eigenvalue weighted by Gasteiger charge is 2.12. The molecule has 0 saturated heterocycles. The Labute approximate surface area is 93.7 Å². The van der Waals surface area contributed by atoms with Crippen LogP contribution in [0.5, 0.6) is 0 Å². The summed E-state index contributed by atoms with van der Waals surface area (Å²) < 4.78 is 0. The second kappa shape index (κ2) is 4.31. The van der Waals surface area contributed by atoms with Crippen molar-refractivity contribution in [2.24, 2.45) is 0 Å². The number of carboxylic acid groups (broad SMARTS) is 1. The topological polar surface area (TPSA) is 50.2 Å². The number of carboxylic acids is 1. The van der Waals surface area contributed by atoms with Crippen molar-refractivity contribution in [3.63, 3.8) is 0 Å². The number of nitrogens with zero attached hydrogens (tertiary/aromatic N) is 1. The van der Waals surface area contributed by atoms with Crippen molar-refractivity contribution in [2.75, 3.05) is 0 Å². The maximum absolute atomic E-state index is 10.7. The van der Waals surface area contributed by atoms with Gasteiger partial charge in [-0.1, -0.05) is 25.1 Å². The normalized spacial score (nSPS) is 12.6. The number of aromatic nitrogens is 1. The third kappa shape index (κ3) is 2.03. The summed E-state index contributed by atoms with van der Waals surface area (Å²) >= 11 is 0. The lowest BCUT2D eigenvalue weighted by molar-refractivity contribution is -0.137. The van der Waals surface area contributed by atoms with Gasteiger partial charge in [0.15, 0.2) is 0 Å². The molecule has 0 fully saturated rings. The van der Waals surface area contributed by atoms with E-state index >= 15 is 0 Å². The maximum Gasteiger partial charge on any atom is 0.303 e. The van der Waals surface area contributed by atoms with Crippen LogP contribution in [0.25, 0.3) is 10.9 Å². The van der Waals surface area contributed by atoms with E-state index in [1.54, 1.807) is 6.20 Å². The zero-order valence-corrected chi connectivity index (χ0v) is 9.05. The standard InChI is InChI=1S/C13H13NO2/c1-9(8-13(15)16)10-4-2-6-12-11(10)5-3-7-14-12/h2-7,9H,8H2,1H3,(H,15,16). The monoisotopic (exact) mass is 215 g/mol. The van der Waals surface area contributed by atoms with Crippen molar-refractivity contribution in [2.45, 2.75) is 19.3 Å². The molecule has 1 aromatic heterocycles. The van der Waals surface area contributed by atoms with Crippen molar-refractivity contribution >= 4 is 16.9 Å². The molecule has 1 unspecified atom stereocenters. The highest BCUT2D eigenvalue weighted by molar-refractivity contribution is 5.83. The molecule has 3 heteroatoms. The van der Waals surface area contributed by atoms with E-state index in [2.05, 4.69) is 4.98 Å². The fraction of sp³-hybridized carbons (Fsp3) is 0.231. The highest BCUT2D eigenvalue weighted by Crippen LogP contribution is 2.26. The van der Waals surface area contributed by atoms with E-state index in [1.807, 2.05) is 37.3 Å². The molecule has 0 saturated carbocycles. The number of fused-ring (bicyclic) bond motifs is 1. The minimum absolute atomic E-state index is 0.00500. The molecule has 0 aliphatic carbocycles. The average molecular weight is 215 g/mol. The van der Waals surface area contributed by atoms with Gasteiger partial charge in [-0.2, -0.15) is 0 Å². The second-order valence-electron chi connectivity index (χ2n) is 3.92. The molecule has 16 heavy (non-hydrogen) atoms. The zero-order valence-electron chi connectivity index (χ0n) is 9.05. The molecule has 1 atom stereocenters. The Morgan fingerprint density at radius 2 is 2.19 bits per heavy atom. The highest BCUT2D eigenvalue weighted by atomic mass is 16.4. The van der Waals surface area contributed by atoms with Crippen LogP contribution in [0, 0.1) is 0 Å². The zero-order chi connectivity index (χ0) is 11.5. The summed E-state index contributed by atoms with van der Waals surface area (Å²) in [5.74, 6) is -0.765. The Morgan fingerprint density at radius 3 is 2.94 bits per heavy atom. The first-order valence-corrected chi connectivity index (χ1v) is 5.24. The summed E-state index contributed by atoms with van der Waals surface area (Å²) in [6.07, 6.45) is 1.89. The molecule has 0 amide bonds.